The van der Waals surface area contributed by atoms with Crippen molar-refractivity contribution in [2.45, 2.75) is 29.4 Å². The molecule has 6 rings (SSSR count). The van der Waals surface area contributed by atoms with Crippen molar-refractivity contribution < 1.29 is 13.2 Å². The number of nitrogens with zero attached hydrogens (tertiary/aromatic N) is 5. The summed E-state index contributed by atoms with van der Waals surface area (Å²) >= 11 is 2.68. The Morgan fingerprint density at radius 2 is 1.90 bits per heavy atom. The molecule has 5 aromatic rings. The third-order valence-corrected chi connectivity index (χ3v) is 9.30. The Kier molecular flexibility index (Phi) is 7.07. The second-order valence-electron chi connectivity index (χ2n) is 9.39. The van der Waals surface area contributed by atoms with Crippen molar-refractivity contribution in [1.82, 2.24) is 24.8 Å². The van der Waals surface area contributed by atoms with Crippen molar-refractivity contribution in [2.24, 2.45) is 10.2 Å². The van der Waals surface area contributed by atoms with E-state index in [1.165, 1.54) is 40.2 Å². The fraction of sp³-hybridized carbons (Fsp3) is 0.148. The zero-order valence-corrected chi connectivity index (χ0v) is 24.0. The second-order valence-corrected chi connectivity index (χ2v) is 12.9. The van der Waals surface area contributed by atoms with Crippen LogP contribution < -0.4 is 10.7 Å². The van der Waals surface area contributed by atoms with E-state index in [1.54, 1.807) is 11.3 Å². The number of thiophene rings is 1. The Hall–Kier alpha value is -4.11. The smallest absolute Gasteiger partial charge is 0.262 e. The molecule has 1 amide bonds. The van der Waals surface area contributed by atoms with Crippen LogP contribution in [0.4, 0.5) is 0 Å². The van der Waals surface area contributed by atoms with Gasteiger partial charge >= 0.3 is 0 Å². The maximum atomic E-state index is 13.5. The van der Waals surface area contributed by atoms with Crippen molar-refractivity contribution in [3.63, 3.8) is 0 Å². The summed E-state index contributed by atoms with van der Waals surface area (Å²) in [6.07, 6.45) is 1.98. The van der Waals surface area contributed by atoms with Crippen LogP contribution in [0.15, 0.2) is 92.2 Å². The van der Waals surface area contributed by atoms with Crippen LogP contribution in [0.1, 0.15) is 28.5 Å². The topological polar surface area (TPSA) is 156 Å². The number of aryl methyl sites for hydroxylation is 1. The highest BCUT2D eigenvalue weighted by Crippen LogP contribution is 2.34. The Balaban J connectivity index is 1.26. The van der Waals surface area contributed by atoms with Crippen LogP contribution in [0.5, 0.6) is 0 Å². The third-order valence-electron chi connectivity index (χ3n) is 6.59. The number of carbonyl (C=O) groups is 1. The van der Waals surface area contributed by atoms with Crippen LogP contribution in [-0.2, 0) is 14.8 Å². The lowest BCUT2D eigenvalue weighted by atomic mass is 10.00. The van der Waals surface area contributed by atoms with Crippen molar-refractivity contribution in [2.75, 3.05) is 5.75 Å². The largest absolute Gasteiger partial charge is 0.301 e. The highest BCUT2D eigenvalue weighted by atomic mass is 32.2. The molecule has 0 radical (unpaired) electrons. The quantitative estimate of drug-likeness (QED) is 0.212. The Morgan fingerprint density at radius 3 is 2.59 bits per heavy atom. The molecule has 0 aliphatic carbocycles. The number of aromatic amines is 1. The van der Waals surface area contributed by atoms with E-state index in [0.717, 1.165) is 33.5 Å². The van der Waals surface area contributed by atoms with E-state index in [-0.39, 0.29) is 38.8 Å². The zero-order valence-electron chi connectivity index (χ0n) is 21.6. The SMILES string of the molecule is Cc1ccc(C2CC(c3cccs3)=NN2C(=O)CSc2nc3c(cnn3-c3ccc(S(N)(=O)=O)cc3)c(=O)[nH]2)cc1. The predicted molar refractivity (Wildman–Crippen MR) is 158 cm³/mol. The summed E-state index contributed by atoms with van der Waals surface area (Å²) in [5.74, 6) is -0.225. The first-order chi connectivity index (χ1) is 19.7. The number of hydrogen-bond acceptors (Lipinski definition) is 9. The first-order valence-corrected chi connectivity index (χ1v) is 15.8. The Bertz CT molecular complexity index is 1950. The van der Waals surface area contributed by atoms with Crippen LogP contribution in [0, 0.1) is 6.92 Å². The van der Waals surface area contributed by atoms with Gasteiger partial charge in [0.25, 0.3) is 11.5 Å². The fourth-order valence-corrected chi connectivity index (χ4v) is 6.45. The monoisotopic (exact) mass is 605 g/mol. The molecule has 3 N–H and O–H groups in total. The number of hydrogen-bond donors (Lipinski definition) is 2. The molecule has 1 unspecified atom stereocenters. The van der Waals surface area contributed by atoms with Crippen LogP contribution >= 0.6 is 23.1 Å². The lowest BCUT2D eigenvalue weighted by Crippen LogP contribution is -2.28. The molecule has 1 aliphatic heterocycles. The highest BCUT2D eigenvalue weighted by molar-refractivity contribution is 7.99. The number of nitrogens with two attached hydrogens (primary N) is 1. The van der Waals surface area contributed by atoms with Crippen LogP contribution in [0.3, 0.4) is 0 Å². The van der Waals surface area contributed by atoms with E-state index in [1.807, 2.05) is 48.7 Å². The molecule has 11 nitrogen and oxygen atoms in total. The molecule has 14 heteroatoms. The lowest BCUT2D eigenvalue weighted by molar-refractivity contribution is -0.130. The summed E-state index contributed by atoms with van der Waals surface area (Å²) in [7, 11) is -3.86. The van der Waals surface area contributed by atoms with E-state index in [4.69, 9.17) is 10.2 Å². The van der Waals surface area contributed by atoms with Crippen molar-refractivity contribution in [1.29, 1.82) is 0 Å². The molecule has 0 bridgehead atoms. The number of benzene rings is 2. The van der Waals surface area contributed by atoms with Gasteiger partial charge in [-0.25, -0.2) is 28.2 Å². The summed E-state index contributed by atoms with van der Waals surface area (Å²) in [4.78, 5) is 34.5. The first kappa shape index (κ1) is 27.1. The average Bonchev–Trinajstić information content (AvgIpc) is 3.72. The van der Waals surface area contributed by atoms with Gasteiger partial charge in [-0.05, 0) is 48.2 Å². The van der Waals surface area contributed by atoms with Gasteiger partial charge in [0.1, 0.15) is 5.39 Å². The van der Waals surface area contributed by atoms with Gasteiger partial charge in [0.05, 0.1) is 39.2 Å². The van der Waals surface area contributed by atoms with E-state index < -0.39 is 15.6 Å². The van der Waals surface area contributed by atoms with Crippen molar-refractivity contribution >= 4 is 55.8 Å². The van der Waals surface area contributed by atoms with Crippen molar-refractivity contribution in [3.8, 4) is 5.69 Å². The molecule has 1 atom stereocenters. The number of carbonyl (C=O) groups excluding carboxylic acids is 1. The predicted octanol–water partition coefficient (Wildman–Crippen LogP) is 3.60. The van der Waals surface area contributed by atoms with Crippen LogP contribution in [-0.4, -0.2) is 50.5 Å². The van der Waals surface area contributed by atoms with Gasteiger partial charge < -0.3 is 4.98 Å². The lowest BCUT2D eigenvalue weighted by Gasteiger charge is -2.22. The van der Waals surface area contributed by atoms with Gasteiger partial charge in [-0.3, -0.25) is 9.59 Å². The minimum Gasteiger partial charge on any atom is -0.301 e. The van der Waals surface area contributed by atoms with Gasteiger partial charge in [-0.15, -0.1) is 11.3 Å². The van der Waals surface area contributed by atoms with E-state index in [0.29, 0.717) is 12.1 Å². The maximum absolute atomic E-state index is 13.5. The molecule has 3 aromatic heterocycles. The van der Waals surface area contributed by atoms with Gasteiger partial charge in [-0.1, -0.05) is 47.7 Å². The van der Waals surface area contributed by atoms with Crippen molar-refractivity contribution in [3.05, 3.63) is 98.6 Å². The summed E-state index contributed by atoms with van der Waals surface area (Å²) in [6, 6.07) is 17.5. The standard InChI is InChI=1S/C27H23N7O4S3/c1-16-4-6-17(7-5-16)22-13-21(23-3-2-12-39-23)32-34(22)24(35)15-40-27-30-25-20(26(36)31-27)14-29-33(25)18-8-10-19(11-9-18)41(28,37)38/h2-12,14,22H,13,15H2,1H3,(H2,28,37,38)(H,30,31,36). The van der Waals surface area contributed by atoms with Gasteiger partial charge in [0.2, 0.25) is 10.0 Å². The van der Waals surface area contributed by atoms with Crippen LogP contribution in [0.2, 0.25) is 0 Å². The molecular formula is C27H23N7O4S3. The van der Waals surface area contributed by atoms with E-state index in [2.05, 4.69) is 15.1 Å². The molecule has 0 saturated heterocycles. The molecular weight excluding hydrogens is 583 g/mol. The number of amides is 1. The molecule has 2 aromatic carbocycles. The summed E-state index contributed by atoms with van der Waals surface area (Å²) in [5, 5.41) is 18.1. The number of thioether (sulfide) groups is 1. The molecule has 4 heterocycles. The fourth-order valence-electron chi connectivity index (χ4n) is 4.51. The summed E-state index contributed by atoms with van der Waals surface area (Å²) in [5.41, 5.74) is 3.33. The number of fused-ring (bicyclic) bond motifs is 1. The number of aromatic nitrogens is 4. The Morgan fingerprint density at radius 1 is 1.15 bits per heavy atom. The maximum Gasteiger partial charge on any atom is 0.262 e. The second kappa shape index (κ2) is 10.7. The number of rotatable bonds is 7. The number of sulfonamides is 1. The van der Waals surface area contributed by atoms with Gasteiger partial charge in [0, 0.05) is 6.42 Å². The van der Waals surface area contributed by atoms with Gasteiger partial charge in [-0.2, -0.15) is 10.2 Å². The minimum absolute atomic E-state index is 0.00474. The van der Waals surface area contributed by atoms with E-state index >= 15 is 0 Å². The zero-order chi connectivity index (χ0) is 28.7. The van der Waals surface area contributed by atoms with Gasteiger partial charge in [0.15, 0.2) is 10.8 Å². The average molecular weight is 606 g/mol. The number of hydrazone groups is 1. The number of nitrogens with one attached hydrogen (secondary N) is 1. The van der Waals surface area contributed by atoms with E-state index in [9.17, 15) is 18.0 Å². The molecule has 208 valence electrons. The molecule has 41 heavy (non-hydrogen) atoms. The minimum atomic E-state index is -3.86. The molecule has 0 spiro atoms. The molecule has 1 aliphatic rings. The summed E-state index contributed by atoms with van der Waals surface area (Å²) in [6.45, 7) is 2.02. The Labute approximate surface area is 242 Å². The highest BCUT2D eigenvalue weighted by Gasteiger charge is 2.33. The number of primary sulfonamides is 1. The first-order valence-electron chi connectivity index (χ1n) is 12.4. The third kappa shape index (κ3) is 5.46. The van der Waals surface area contributed by atoms with Crippen LogP contribution in [0.25, 0.3) is 16.7 Å². The summed E-state index contributed by atoms with van der Waals surface area (Å²) < 4.78 is 24.6. The molecule has 0 fully saturated rings. The molecule has 0 saturated carbocycles. The number of H-pyrrole nitrogens is 1. The normalized spacial score (nSPS) is 15.4.